The minimum Gasteiger partial charge on any atom is -0.342 e. The molecule has 1 saturated carbocycles. The Hall–Kier alpha value is -2.24. The number of hydrogen-bond acceptors (Lipinski definition) is 5. The van der Waals surface area contributed by atoms with Crippen molar-refractivity contribution in [2.24, 2.45) is 5.92 Å². The van der Waals surface area contributed by atoms with Crippen LogP contribution in [0, 0.1) is 5.92 Å². The first-order valence-electron chi connectivity index (χ1n) is 9.15. The molecule has 2 fully saturated rings. The smallest absolute Gasteiger partial charge is 0.229 e. The highest BCUT2D eigenvalue weighted by Gasteiger charge is 2.46. The van der Waals surface area contributed by atoms with Gasteiger partial charge in [-0.15, -0.1) is 0 Å². The summed E-state index contributed by atoms with van der Waals surface area (Å²) < 4.78 is 5.34. The number of piperidine rings is 1. The van der Waals surface area contributed by atoms with Crippen molar-refractivity contribution in [2.75, 3.05) is 13.1 Å². The topological polar surface area (TPSA) is 72.1 Å². The quantitative estimate of drug-likeness (QED) is 0.855. The summed E-state index contributed by atoms with van der Waals surface area (Å²) in [5.74, 6) is 2.56. The molecule has 2 aliphatic rings. The molecule has 132 valence electrons. The maximum Gasteiger partial charge on any atom is 0.229 e. The molecule has 1 saturated heterocycles. The van der Waals surface area contributed by atoms with Gasteiger partial charge >= 0.3 is 0 Å². The number of rotatable bonds is 4. The van der Waals surface area contributed by atoms with Crippen LogP contribution in [-0.4, -0.2) is 39.0 Å². The van der Waals surface area contributed by atoms with Crippen molar-refractivity contribution in [3.8, 4) is 0 Å². The van der Waals surface area contributed by atoms with Gasteiger partial charge in [-0.2, -0.15) is 4.98 Å². The van der Waals surface area contributed by atoms with Crippen LogP contribution >= 0.6 is 0 Å². The average Bonchev–Trinajstić information content (AvgIpc) is 3.29. The molecule has 2 aromatic rings. The van der Waals surface area contributed by atoms with Crippen molar-refractivity contribution in [1.29, 1.82) is 0 Å². The van der Waals surface area contributed by atoms with Crippen LogP contribution in [0.5, 0.6) is 0 Å². The predicted octanol–water partition coefficient (Wildman–Crippen LogP) is 3.10. The summed E-state index contributed by atoms with van der Waals surface area (Å²) in [5.41, 5.74) is 1.18. The third kappa shape index (κ3) is 3.30. The van der Waals surface area contributed by atoms with E-state index in [1.54, 1.807) is 6.20 Å². The zero-order valence-corrected chi connectivity index (χ0v) is 14.8. The molecule has 0 N–H and O–H groups in total. The summed E-state index contributed by atoms with van der Waals surface area (Å²) >= 11 is 0. The van der Waals surface area contributed by atoms with Crippen LogP contribution in [0.1, 0.15) is 68.1 Å². The fourth-order valence-electron chi connectivity index (χ4n) is 3.70. The first kappa shape index (κ1) is 16.2. The molecule has 1 aliphatic carbocycles. The highest BCUT2D eigenvalue weighted by Crippen LogP contribution is 2.48. The summed E-state index contributed by atoms with van der Waals surface area (Å²) in [6.45, 7) is 5.62. The van der Waals surface area contributed by atoms with Gasteiger partial charge in [0, 0.05) is 43.2 Å². The number of nitrogens with zero attached hydrogens (tertiary/aromatic N) is 4. The van der Waals surface area contributed by atoms with E-state index in [1.807, 2.05) is 31.0 Å². The molecule has 6 nitrogen and oxygen atoms in total. The summed E-state index contributed by atoms with van der Waals surface area (Å²) in [7, 11) is 0. The van der Waals surface area contributed by atoms with Crippen molar-refractivity contribution < 1.29 is 9.32 Å². The highest BCUT2D eigenvalue weighted by molar-refractivity contribution is 5.83. The number of aromatic nitrogens is 3. The van der Waals surface area contributed by atoms with Crippen LogP contribution in [0.15, 0.2) is 29.0 Å². The summed E-state index contributed by atoms with van der Waals surface area (Å²) in [6, 6.07) is 4.01. The third-order valence-corrected chi connectivity index (χ3v) is 5.27. The Morgan fingerprint density at radius 2 is 2.28 bits per heavy atom. The lowest BCUT2D eigenvalue weighted by atomic mass is 9.96. The molecule has 0 bridgehead atoms. The lowest BCUT2D eigenvalue weighted by molar-refractivity contribution is -0.133. The van der Waals surface area contributed by atoms with E-state index in [9.17, 15) is 4.79 Å². The zero-order chi connectivity index (χ0) is 17.4. The Kier molecular flexibility index (Phi) is 4.27. The molecule has 1 amide bonds. The largest absolute Gasteiger partial charge is 0.342 e. The summed E-state index contributed by atoms with van der Waals surface area (Å²) in [5, 5.41) is 4.15. The first-order chi connectivity index (χ1) is 12.1. The second-order valence-electron chi connectivity index (χ2n) is 7.50. The molecule has 1 aliphatic heterocycles. The van der Waals surface area contributed by atoms with Crippen molar-refractivity contribution in [3.05, 3.63) is 41.8 Å². The van der Waals surface area contributed by atoms with Crippen LogP contribution < -0.4 is 0 Å². The number of likely N-dealkylation sites (tertiary alicyclic amines) is 1. The Morgan fingerprint density at radius 1 is 1.40 bits per heavy atom. The van der Waals surface area contributed by atoms with Gasteiger partial charge in [0.15, 0.2) is 5.82 Å². The second-order valence-corrected chi connectivity index (χ2v) is 7.50. The SMILES string of the molecule is CC(C)c1nc([C@@H]2CCCN(C(=O)[C@@H]3C[C@@H]3c3cccnc3)C2)no1. The molecule has 3 heterocycles. The van der Waals surface area contributed by atoms with Crippen molar-refractivity contribution in [3.63, 3.8) is 0 Å². The van der Waals surface area contributed by atoms with Gasteiger partial charge in [0.2, 0.25) is 11.8 Å². The van der Waals surface area contributed by atoms with Gasteiger partial charge in [0.05, 0.1) is 0 Å². The minimum atomic E-state index is 0.111. The predicted molar refractivity (Wildman–Crippen MR) is 92.0 cm³/mol. The fourth-order valence-corrected chi connectivity index (χ4v) is 3.70. The Balaban J connectivity index is 1.40. The monoisotopic (exact) mass is 340 g/mol. The van der Waals surface area contributed by atoms with Gasteiger partial charge in [0.25, 0.3) is 0 Å². The normalized spacial score (nSPS) is 26.0. The van der Waals surface area contributed by atoms with Gasteiger partial charge in [-0.3, -0.25) is 9.78 Å². The van der Waals surface area contributed by atoms with Gasteiger partial charge in [0.1, 0.15) is 0 Å². The van der Waals surface area contributed by atoms with E-state index in [0.717, 1.165) is 31.6 Å². The molecule has 4 rings (SSSR count). The van der Waals surface area contributed by atoms with Crippen LogP contribution in [0.2, 0.25) is 0 Å². The molecular formula is C19H24N4O2. The van der Waals surface area contributed by atoms with E-state index in [0.29, 0.717) is 18.4 Å². The van der Waals surface area contributed by atoms with E-state index >= 15 is 0 Å². The minimum absolute atomic E-state index is 0.111. The molecule has 25 heavy (non-hydrogen) atoms. The average molecular weight is 340 g/mol. The zero-order valence-electron chi connectivity index (χ0n) is 14.8. The van der Waals surface area contributed by atoms with Gasteiger partial charge in [-0.25, -0.2) is 0 Å². The van der Waals surface area contributed by atoms with E-state index in [-0.39, 0.29) is 23.7 Å². The summed E-state index contributed by atoms with van der Waals surface area (Å²) in [4.78, 5) is 23.6. The molecule has 0 unspecified atom stereocenters. The maximum absolute atomic E-state index is 12.9. The lowest BCUT2D eigenvalue weighted by Gasteiger charge is -2.31. The van der Waals surface area contributed by atoms with Crippen LogP contribution in [0.3, 0.4) is 0 Å². The van der Waals surface area contributed by atoms with Crippen molar-refractivity contribution in [2.45, 2.75) is 50.9 Å². The van der Waals surface area contributed by atoms with E-state index in [1.165, 1.54) is 5.56 Å². The number of pyridine rings is 1. The number of hydrogen-bond donors (Lipinski definition) is 0. The molecule has 3 atom stereocenters. The van der Waals surface area contributed by atoms with Gasteiger partial charge in [-0.05, 0) is 36.8 Å². The molecular weight excluding hydrogens is 316 g/mol. The van der Waals surface area contributed by atoms with Crippen LogP contribution in [-0.2, 0) is 4.79 Å². The molecule has 6 heteroatoms. The molecule has 0 aromatic carbocycles. The van der Waals surface area contributed by atoms with Crippen LogP contribution in [0.25, 0.3) is 0 Å². The summed E-state index contributed by atoms with van der Waals surface area (Å²) in [6.07, 6.45) is 6.59. The standard InChI is InChI=1S/C19H24N4O2/c1-12(2)18-21-17(22-25-18)14-6-4-8-23(11-14)19(24)16-9-15(16)13-5-3-7-20-10-13/h3,5,7,10,12,14-16H,4,6,8-9,11H2,1-2H3/t14-,15-,16-/m1/s1. The Bertz CT molecular complexity index is 743. The fraction of sp³-hybridized carbons (Fsp3) is 0.579. The maximum atomic E-state index is 12.9. The first-order valence-corrected chi connectivity index (χ1v) is 9.15. The molecule has 0 radical (unpaired) electrons. The Labute approximate surface area is 147 Å². The number of carbonyl (C=O) groups excluding carboxylic acids is 1. The van der Waals surface area contributed by atoms with E-state index in [4.69, 9.17) is 4.52 Å². The highest BCUT2D eigenvalue weighted by atomic mass is 16.5. The van der Waals surface area contributed by atoms with E-state index < -0.39 is 0 Å². The third-order valence-electron chi connectivity index (χ3n) is 5.27. The second kappa shape index (κ2) is 6.58. The molecule has 0 spiro atoms. The van der Waals surface area contributed by atoms with Crippen molar-refractivity contribution in [1.82, 2.24) is 20.0 Å². The van der Waals surface area contributed by atoms with Crippen molar-refractivity contribution >= 4 is 5.91 Å². The lowest BCUT2D eigenvalue weighted by Crippen LogP contribution is -2.40. The number of amides is 1. The van der Waals surface area contributed by atoms with E-state index in [2.05, 4.69) is 21.2 Å². The number of carbonyl (C=O) groups is 1. The van der Waals surface area contributed by atoms with Crippen LogP contribution in [0.4, 0.5) is 0 Å². The Morgan fingerprint density at radius 3 is 3.00 bits per heavy atom. The molecule has 2 aromatic heterocycles. The van der Waals surface area contributed by atoms with Gasteiger partial charge in [-0.1, -0.05) is 25.1 Å². The van der Waals surface area contributed by atoms with Gasteiger partial charge < -0.3 is 9.42 Å².